The molecule has 1 aliphatic heterocycles. The van der Waals surface area contributed by atoms with Gasteiger partial charge in [0, 0.05) is 26.1 Å². The highest BCUT2D eigenvalue weighted by atomic mass is 32.2. The Bertz CT molecular complexity index is 1360. The van der Waals surface area contributed by atoms with Crippen LogP contribution in [0.15, 0.2) is 53.4 Å². The lowest BCUT2D eigenvalue weighted by Gasteiger charge is -2.31. The lowest BCUT2D eigenvalue weighted by atomic mass is 9.95. The SMILES string of the molecule is COc1ccc(-c2sc(NC(C)(C)c3ccccc3)nc2C)cc1S(=O)(=O)NC1CCN(C(C)=O)CC1. The summed E-state index contributed by atoms with van der Waals surface area (Å²) in [5, 5.41) is 4.28. The summed E-state index contributed by atoms with van der Waals surface area (Å²) in [5.74, 6) is 0.291. The molecule has 1 amide bonds. The van der Waals surface area contributed by atoms with Crippen LogP contribution < -0.4 is 14.8 Å². The molecule has 0 spiro atoms. The van der Waals surface area contributed by atoms with Crippen LogP contribution in [0.25, 0.3) is 10.4 Å². The lowest BCUT2D eigenvalue weighted by molar-refractivity contribution is -0.129. The van der Waals surface area contributed by atoms with E-state index in [1.165, 1.54) is 25.4 Å². The van der Waals surface area contributed by atoms with E-state index in [-0.39, 0.29) is 28.1 Å². The molecule has 0 atom stereocenters. The summed E-state index contributed by atoms with van der Waals surface area (Å²) in [5.41, 5.74) is 2.38. The average molecular weight is 543 g/mol. The van der Waals surface area contributed by atoms with Crippen molar-refractivity contribution in [3.8, 4) is 16.2 Å². The van der Waals surface area contributed by atoms with Crippen LogP contribution in [0, 0.1) is 6.92 Å². The Kier molecular flexibility index (Phi) is 7.91. The minimum absolute atomic E-state index is 0.0108. The van der Waals surface area contributed by atoms with Crippen molar-refractivity contribution in [3.63, 3.8) is 0 Å². The molecule has 2 heterocycles. The zero-order valence-electron chi connectivity index (χ0n) is 21.9. The summed E-state index contributed by atoms with van der Waals surface area (Å²) >= 11 is 1.49. The van der Waals surface area contributed by atoms with Crippen LogP contribution in [-0.2, 0) is 20.4 Å². The smallest absolute Gasteiger partial charge is 0.244 e. The summed E-state index contributed by atoms with van der Waals surface area (Å²) in [6.45, 7) is 8.73. The van der Waals surface area contributed by atoms with Crippen LogP contribution in [0.2, 0.25) is 0 Å². The molecular formula is C27H34N4O4S2. The second-order valence-electron chi connectivity index (χ2n) is 9.82. The maximum absolute atomic E-state index is 13.4. The van der Waals surface area contributed by atoms with Crippen molar-refractivity contribution in [3.05, 3.63) is 59.8 Å². The topological polar surface area (TPSA) is 101 Å². The van der Waals surface area contributed by atoms with Gasteiger partial charge in [-0.25, -0.2) is 18.1 Å². The number of hydrogen-bond donors (Lipinski definition) is 2. The van der Waals surface area contributed by atoms with E-state index in [2.05, 4.69) is 36.0 Å². The van der Waals surface area contributed by atoms with Crippen LogP contribution in [0.3, 0.4) is 0 Å². The van der Waals surface area contributed by atoms with Gasteiger partial charge < -0.3 is 15.0 Å². The van der Waals surface area contributed by atoms with E-state index >= 15 is 0 Å². The van der Waals surface area contributed by atoms with Crippen molar-refractivity contribution in [2.24, 2.45) is 0 Å². The van der Waals surface area contributed by atoms with Crippen molar-refractivity contribution in [2.75, 3.05) is 25.5 Å². The fourth-order valence-corrected chi connectivity index (χ4v) is 7.16. The molecule has 37 heavy (non-hydrogen) atoms. The third-order valence-electron chi connectivity index (χ3n) is 6.69. The molecule has 1 fully saturated rings. The first-order valence-electron chi connectivity index (χ1n) is 12.3. The van der Waals surface area contributed by atoms with E-state index in [1.807, 2.05) is 31.2 Å². The summed E-state index contributed by atoms with van der Waals surface area (Å²) in [6.07, 6.45) is 1.14. The Morgan fingerprint density at radius 1 is 1.14 bits per heavy atom. The maximum atomic E-state index is 13.4. The van der Waals surface area contributed by atoms with Crippen LogP contribution >= 0.6 is 11.3 Å². The molecule has 198 valence electrons. The molecule has 3 aromatic rings. The van der Waals surface area contributed by atoms with Gasteiger partial charge in [-0.2, -0.15) is 0 Å². The summed E-state index contributed by atoms with van der Waals surface area (Å²) < 4.78 is 35.1. The molecule has 10 heteroatoms. The molecule has 0 aliphatic carbocycles. The predicted octanol–water partition coefficient (Wildman–Crippen LogP) is 4.76. The normalized spacial score (nSPS) is 15.0. The zero-order valence-corrected chi connectivity index (χ0v) is 23.5. The monoisotopic (exact) mass is 542 g/mol. The third-order valence-corrected chi connectivity index (χ3v) is 9.35. The summed E-state index contributed by atoms with van der Waals surface area (Å²) in [7, 11) is -2.39. The van der Waals surface area contributed by atoms with Gasteiger partial charge in [0.15, 0.2) is 5.13 Å². The Balaban J connectivity index is 1.58. The number of nitrogens with zero attached hydrogens (tertiary/aromatic N) is 2. The van der Waals surface area contributed by atoms with Gasteiger partial charge in [0.1, 0.15) is 10.6 Å². The van der Waals surface area contributed by atoms with Crippen molar-refractivity contribution < 1.29 is 17.9 Å². The molecule has 0 unspecified atom stereocenters. The minimum atomic E-state index is -3.85. The number of anilines is 1. The molecule has 1 aliphatic rings. The first-order valence-corrected chi connectivity index (χ1v) is 14.6. The number of piperidine rings is 1. The van der Waals surface area contributed by atoms with E-state index in [1.54, 1.807) is 17.0 Å². The summed E-state index contributed by atoms with van der Waals surface area (Å²) in [6, 6.07) is 15.1. The van der Waals surface area contributed by atoms with Crippen LogP contribution in [0.1, 0.15) is 44.9 Å². The van der Waals surface area contributed by atoms with E-state index < -0.39 is 10.0 Å². The van der Waals surface area contributed by atoms with Crippen LogP contribution in [0.4, 0.5) is 5.13 Å². The van der Waals surface area contributed by atoms with Crippen LogP contribution in [0.5, 0.6) is 5.75 Å². The van der Waals surface area contributed by atoms with Gasteiger partial charge in [-0.3, -0.25) is 4.79 Å². The van der Waals surface area contributed by atoms with E-state index in [9.17, 15) is 13.2 Å². The Morgan fingerprint density at radius 2 is 1.81 bits per heavy atom. The van der Waals surface area contributed by atoms with Crippen molar-refractivity contribution in [1.29, 1.82) is 0 Å². The number of carbonyl (C=O) groups excluding carboxylic acids is 1. The van der Waals surface area contributed by atoms with E-state index in [0.717, 1.165) is 26.8 Å². The lowest BCUT2D eigenvalue weighted by Crippen LogP contribution is -2.45. The van der Waals surface area contributed by atoms with Gasteiger partial charge in [-0.05, 0) is 62.9 Å². The Labute approximate surface area is 223 Å². The molecule has 2 aromatic carbocycles. The van der Waals surface area contributed by atoms with Gasteiger partial charge in [-0.1, -0.05) is 41.7 Å². The van der Waals surface area contributed by atoms with Crippen molar-refractivity contribution in [1.82, 2.24) is 14.6 Å². The highest BCUT2D eigenvalue weighted by Gasteiger charge is 2.28. The highest BCUT2D eigenvalue weighted by Crippen LogP contribution is 2.38. The number of rotatable bonds is 8. The highest BCUT2D eigenvalue weighted by molar-refractivity contribution is 7.89. The molecule has 1 saturated heterocycles. The van der Waals surface area contributed by atoms with E-state index in [0.29, 0.717) is 25.9 Å². The van der Waals surface area contributed by atoms with Gasteiger partial charge in [0.25, 0.3) is 0 Å². The number of sulfonamides is 1. The van der Waals surface area contributed by atoms with Crippen molar-refractivity contribution >= 4 is 32.4 Å². The molecule has 2 N–H and O–H groups in total. The van der Waals surface area contributed by atoms with Gasteiger partial charge in [-0.15, -0.1) is 0 Å². The molecule has 0 saturated carbocycles. The zero-order chi connectivity index (χ0) is 26.8. The number of carbonyl (C=O) groups is 1. The number of methoxy groups -OCH3 is 1. The second-order valence-corrected chi connectivity index (χ2v) is 12.5. The maximum Gasteiger partial charge on any atom is 0.244 e. The fourth-order valence-electron chi connectivity index (χ4n) is 4.54. The fraction of sp³-hybridized carbons (Fsp3) is 0.407. The Hall–Kier alpha value is -2.95. The number of aryl methyl sites for hydroxylation is 1. The predicted molar refractivity (Wildman–Crippen MR) is 148 cm³/mol. The molecular weight excluding hydrogens is 508 g/mol. The number of hydrogen-bond acceptors (Lipinski definition) is 7. The third kappa shape index (κ3) is 6.14. The molecule has 0 bridgehead atoms. The molecule has 8 nitrogen and oxygen atoms in total. The van der Waals surface area contributed by atoms with Gasteiger partial charge in [0.05, 0.1) is 23.2 Å². The number of thiazole rings is 1. The minimum Gasteiger partial charge on any atom is -0.495 e. The van der Waals surface area contributed by atoms with Crippen molar-refractivity contribution in [2.45, 2.75) is 57.0 Å². The standard InChI is InChI=1S/C27H34N4O4S2/c1-18-25(36-26(28-18)29-27(3,4)21-9-7-6-8-10-21)20-11-12-23(35-5)24(17-20)37(33,34)30-22-13-15-31(16-14-22)19(2)32/h6-12,17,22,30H,13-16H2,1-5H3,(H,28,29). The number of likely N-dealkylation sites (tertiary alicyclic amines) is 1. The quantitative estimate of drug-likeness (QED) is 0.426. The Morgan fingerprint density at radius 3 is 2.43 bits per heavy atom. The number of benzene rings is 2. The second kappa shape index (κ2) is 10.8. The number of nitrogens with one attached hydrogen (secondary N) is 2. The largest absolute Gasteiger partial charge is 0.495 e. The average Bonchev–Trinajstić information content (AvgIpc) is 3.23. The summed E-state index contributed by atoms with van der Waals surface area (Å²) in [4.78, 5) is 19.1. The first kappa shape index (κ1) is 27.1. The van der Waals surface area contributed by atoms with Crippen LogP contribution in [-0.4, -0.2) is 50.5 Å². The number of ether oxygens (including phenoxy) is 1. The molecule has 4 rings (SSSR count). The number of aromatic nitrogens is 1. The van der Waals surface area contributed by atoms with E-state index in [4.69, 9.17) is 9.72 Å². The first-order chi connectivity index (χ1) is 17.5. The number of amides is 1. The van der Waals surface area contributed by atoms with Gasteiger partial charge in [0.2, 0.25) is 15.9 Å². The molecule has 0 radical (unpaired) electrons. The molecule has 1 aromatic heterocycles. The van der Waals surface area contributed by atoms with Gasteiger partial charge >= 0.3 is 0 Å².